The number of nitrogens with one attached hydrogen (secondary N) is 2. The lowest BCUT2D eigenvalue weighted by Crippen LogP contribution is -2.46. The number of rotatable bonds is 4. The monoisotopic (exact) mass is 317 g/mol. The van der Waals surface area contributed by atoms with Gasteiger partial charge < -0.3 is 20.3 Å². The smallest absolute Gasteiger partial charge is 0.253 e. The van der Waals surface area contributed by atoms with Gasteiger partial charge in [-0.1, -0.05) is 12.1 Å². The van der Waals surface area contributed by atoms with Crippen LogP contribution < -0.4 is 10.6 Å². The number of hydrogen-bond acceptors (Lipinski definition) is 4. The number of methoxy groups -OCH3 is 1. The van der Waals surface area contributed by atoms with Gasteiger partial charge in [-0.25, -0.2) is 0 Å². The van der Waals surface area contributed by atoms with E-state index in [0.29, 0.717) is 18.7 Å². The molecule has 124 valence electrons. The molecule has 0 aromatic heterocycles. The summed E-state index contributed by atoms with van der Waals surface area (Å²) in [6, 6.07) is 7.45. The van der Waals surface area contributed by atoms with Gasteiger partial charge in [0.15, 0.2) is 0 Å². The molecule has 0 aliphatic carbocycles. The quantitative estimate of drug-likeness (QED) is 0.833. The Bertz CT molecular complexity index is 567. The van der Waals surface area contributed by atoms with E-state index in [1.165, 1.54) is 0 Å². The first-order chi connectivity index (χ1) is 11.2. The number of nitrogens with zero attached hydrogens (tertiary/aromatic N) is 1. The number of carbonyl (C=O) groups excluding carboxylic acids is 2. The molecule has 2 fully saturated rings. The summed E-state index contributed by atoms with van der Waals surface area (Å²) >= 11 is 0. The maximum absolute atomic E-state index is 12.5. The largest absolute Gasteiger partial charge is 0.384 e. The molecular formula is C17H23N3O3. The molecule has 23 heavy (non-hydrogen) atoms. The third-order valence-electron chi connectivity index (χ3n) is 4.59. The Balaban J connectivity index is 1.73. The van der Waals surface area contributed by atoms with Crippen molar-refractivity contribution in [3.05, 3.63) is 35.4 Å². The fourth-order valence-electron chi connectivity index (χ4n) is 3.35. The average Bonchev–Trinajstić information content (AvgIpc) is 2.96. The molecule has 1 aromatic carbocycles. The van der Waals surface area contributed by atoms with Crippen molar-refractivity contribution in [2.75, 3.05) is 46.4 Å². The number of amides is 2. The summed E-state index contributed by atoms with van der Waals surface area (Å²) in [6.07, 6.45) is 0. The molecule has 3 rings (SSSR count). The van der Waals surface area contributed by atoms with Crippen LogP contribution in [-0.4, -0.2) is 63.2 Å². The van der Waals surface area contributed by atoms with Gasteiger partial charge in [0.05, 0.1) is 12.5 Å². The second-order valence-electron chi connectivity index (χ2n) is 6.10. The zero-order valence-corrected chi connectivity index (χ0v) is 13.4. The highest BCUT2D eigenvalue weighted by atomic mass is 16.5. The van der Waals surface area contributed by atoms with Gasteiger partial charge in [-0.3, -0.25) is 9.59 Å². The molecule has 2 saturated heterocycles. The molecule has 0 radical (unpaired) electrons. The highest BCUT2D eigenvalue weighted by Crippen LogP contribution is 2.29. The topological polar surface area (TPSA) is 70.7 Å². The lowest BCUT2D eigenvalue weighted by atomic mass is 9.88. The number of piperazine rings is 1. The van der Waals surface area contributed by atoms with Crippen molar-refractivity contribution in [3.63, 3.8) is 0 Å². The molecule has 1 unspecified atom stereocenters. The minimum absolute atomic E-state index is 0.0354. The van der Waals surface area contributed by atoms with Gasteiger partial charge in [0.2, 0.25) is 5.91 Å². The molecule has 0 bridgehead atoms. The Morgan fingerprint density at radius 1 is 1.26 bits per heavy atom. The van der Waals surface area contributed by atoms with Crippen molar-refractivity contribution in [3.8, 4) is 0 Å². The lowest BCUT2D eigenvalue weighted by Gasteiger charge is -2.27. The Morgan fingerprint density at radius 3 is 2.61 bits per heavy atom. The molecule has 2 aliphatic rings. The Kier molecular flexibility index (Phi) is 4.93. The van der Waals surface area contributed by atoms with E-state index in [-0.39, 0.29) is 23.7 Å². The minimum atomic E-state index is -0.196. The third-order valence-corrected chi connectivity index (χ3v) is 4.59. The van der Waals surface area contributed by atoms with E-state index in [0.717, 1.165) is 31.7 Å². The van der Waals surface area contributed by atoms with Crippen molar-refractivity contribution < 1.29 is 14.3 Å². The molecule has 1 aromatic rings. The molecule has 6 nitrogen and oxygen atoms in total. The highest BCUT2D eigenvalue weighted by Gasteiger charge is 2.35. The predicted molar refractivity (Wildman–Crippen MR) is 86.3 cm³/mol. The zero-order chi connectivity index (χ0) is 16.2. The van der Waals surface area contributed by atoms with Gasteiger partial charge >= 0.3 is 0 Å². The maximum Gasteiger partial charge on any atom is 0.253 e. The molecule has 2 heterocycles. The van der Waals surface area contributed by atoms with E-state index >= 15 is 0 Å². The normalized spacial score (nSPS) is 24.6. The van der Waals surface area contributed by atoms with Gasteiger partial charge in [0, 0.05) is 51.3 Å². The average molecular weight is 317 g/mol. The fraction of sp³-hybridized carbons (Fsp3) is 0.529. The standard InChI is InChI=1S/C17H23N3O3/c1-23-11-14-10-19-16(21)15(14)12-2-4-13(5-3-12)17(22)20-8-6-18-7-9-20/h2-5,14-15,18H,6-11H2,1H3,(H,19,21)/t14?,15-/m0/s1. The first kappa shape index (κ1) is 16.0. The first-order valence-electron chi connectivity index (χ1n) is 8.07. The first-order valence-corrected chi connectivity index (χ1v) is 8.07. The van der Waals surface area contributed by atoms with E-state index in [9.17, 15) is 9.59 Å². The summed E-state index contributed by atoms with van der Waals surface area (Å²) in [6.45, 7) is 4.34. The van der Waals surface area contributed by atoms with Crippen LogP contribution in [0, 0.1) is 5.92 Å². The van der Waals surface area contributed by atoms with E-state index in [1.54, 1.807) is 7.11 Å². The van der Waals surface area contributed by atoms with Gasteiger partial charge in [0.1, 0.15) is 0 Å². The Hall–Kier alpha value is -1.92. The molecule has 0 spiro atoms. The van der Waals surface area contributed by atoms with Crippen molar-refractivity contribution in [1.29, 1.82) is 0 Å². The number of hydrogen-bond donors (Lipinski definition) is 2. The van der Waals surface area contributed by atoms with Gasteiger partial charge in [-0.05, 0) is 17.7 Å². The maximum atomic E-state index is 12.5. The van der Waals surface area contributed by atoms with Gasteiger partial charge in [-0.2, -0.15) is 0 Å². The molecule has 2 aliphatic heterocycles. The SMILES string of the molecule is COCC1CNC(=O)[C@H]1c1ccc(C(=O)N2CCNCC2)cc1. The Morgan fingerprint density at radius 2 is 1.96 bits per heavy atom. The fourth-order valence-corrected chi connectivity index (χ4v) is 3.35. The molecular weight excluding hydrogens is 294 g/mol. The van der Waals surface area contributed by atoms with Crippen LogP contribution in [0.3, 0.4) is 0 Å². The summed E-state index contributed by atoms with van der Waals surface area (Å²) in [5.74, 6) is 0.0381. The summed E-state index contributed by atoms with van der Waals surface area (Å²) < 4.78 is 5.21. The van der Waals surface area contributed by atoms with E-state index < -0.39 is 0 Å². The number of carbonyl (C=O) groups is 2. The molecule has 2 amide bonds. The van der Waals surface area contributed by atoms with Crippen molar-refractivity contribution in [1.82, 2.24) is 15.5 Å². The summed E-state index contributed by atoms with van der Waals surface area (Å²) in [5.41, 5.74) is 1.62. The van der Waals surface area contributed by atoms with E-state index in [2.05, 4.69) is 10.6 Å². The summed E-state index contributed by atoms with van der Waals surface area (Å²) in [7, 11) is 1.65. The highest BCUT2D eigenvalue weighted by molar-refractivity contribution is 5.94. The Labute approximate surface area is 136 Å². The molecule has 2 N–H and O–H groups in total. The van der Waals surface area contributed by atoms with Crippen LogP contribution in [0.15, 0.2) is 24.3 Å². The third kappa shape index (κ3) is 3.38. The second-order valence-corrected chi connectivity index (χ2v) is 6.10. The van der Waals surface area contributed by atoms with Crippen molar-refractivity contribution in [2.24, 2.45) is 5.92 Å². The van der Waals surface area contributed by atoms with Gasteiger partial charge in [0.25, 0.3) is 5.91 Å². The van der Waals surface area contributed by atoms with E-state index in [1.807, 2.05) is 29.2 Å². The summed E-state index contributed by atoms with van der Waals surface area (Å²) in [5, 5.41) is 6.13. The van der Waals surface area contributed by atoms with Crippen LogP contribution in [0.4, 0.5) is 0 Å². The van der Waals surface area contributed by atoms with Crippen LogP contribution >= 0.6 is 0 Å². The van der Waals surface area contributed by atoms with Crippen LogP contribution in [0.5, 0.6) is 0 Å². The van der Waals surface area contributed by atoms with Gasteiger partial charge in [-0.15, -0.1) is 0 Å². The molecule has 2 atom stereocenters. The van der Waals surface area contributed by atoms with Crippen LogP contribution in [0.2, 0.25) is 0 Å². The second kappa shape index (κ2) is 7.10. The van der Waals surface area contributed by atoms with Crippen molar-refractivity contribution >= 4 is 11.8 Å². The summed E-state index contributed by atoms with van der Waals surface area (Å²) in [4.78, 5) is 26.4. The number of ether oxygens (including phenoxy) is 1. The molecule has 0 saturated carbocycles. The molecule has 6 heteroatoms. The minimum Gasteiger partial charge on any atom is -0.384 e. The van der Waals surface area contributed by atoms with E-state index in [4.69, 9.17) is 4.74 Å². The van der Waals surface area contributed by atoms with Crippen LogP contribution in [-0.2, 0) is 9.53 Å². The lowest BCUT2D eigenvalue weighted by molar-refractivity contribution is -0.120. The van der Waals surface area contributed by atoms with Crippen LogP contribution in [0.25, 0.3) is 0 Å². The predicted octanol–water partition coefficient (Wildman–Crippen LogP) is 0.208. The van der Waals surface area contributed by atoms with Crippen molar-refractivity contribution in [2.45, 2.75) is 5.92 Å². The number of benzene rings is 1. The van der Waals surface area contributed by atoms with Crippen LogP contribution in [0.1, 0.15) is 21.8 Å². The zero-order valence-electron chi connectivity index (χ0n) is 13.4.